The fourth-order valence-corrected chi connectivity index (χ4v) is 4.93. The maximum atomic E-state index is 12.8. The van der Waals surface area contributed by atoms with Crippen molar-refractivity contribution < 1.29 is 4.79 Å². The summed E-state index contributed by atoms with van der Waals surface area (Å²) >= 11 is 3.08. The molecule has 1 aromatic carbocycles. The molecule has 0 atom stereocenters. The van der Waals surface area contributed by atoms with E-state index in [1.165, 1.54) is 17.0 Å². The minimum Gasteiger partial charge on any atom is -0.369 e. The van der Waals surface area contributed by atoms with Crippen LogP contribution in [0.3, 0.4) is 0 Å². The Labute approximate surface area is 194 Å². The van der Waals surface area contributed by atoms with E-state index >= 15 is 0 Å². The van der Waals surface area contributed by atoms with Gasteiger partial charge < -0.3 is 10.2 Å². The smallest absolute Gasteiger partial charge is 0.239 e. The molecule has 1 saturated heterocycles. The number of carbonyl (C=O) groups excluding carboxylic acids is 1. The first-order valence-electron chi connectivity index (χ1n) is 10.4. The first-order valence-corrected chi connectivity index (χ1v) is 12.2. The summed E-state index contributed by atoms with van der Waals surface area (Å²) in [5.41, 5.74) is 1.94. The molecule has 5 rings (SSSR count). The lowest BCUT2D eigenvalue weighted by Crippen LogP contribution is -2.48. The maximum Gasteiger partial charge on any atom is 0.239 e. The second-order valence-corrected chi connectivity index (χ2v) is 9.27. The van der Waals surface area contributed by atoms with Gasteiger partial charge in [-0.3, -0.25) is 9.69 Å². The van der Waals surface area contributed by atoms with Crippen molar-refractivity contribution in [3.63, 3.8) is 0 Å². The molecule has 0 spiro atoms. The number of rotatable bonds is 6. The lowest BCUT2D eigenvalue weighted by atomic mass is 10.2. The van der Waals surface area contributed by atoms with E-state index in [1.54, 1.807) is 23.6 Å². The van der Waals surface area contributed by atoms with Crippen molar-refractivity contribution in [2.24, 2.45) is 0 Å². The number of hydrogen-bond acceptors (Lipinski definition) is 8. The van der Waals surface area contributed by atoms with Crippen LogP contribution in [-0.4, -0.2) is 58.5 Å². The summed E-state index contributed by atoms with van der Waals surface area (Å²) in [5.74, 6) is 1.03. The first kappa shape index (κ1) is 20.7. The van der Waals surface area contributed by atoms with Crippen LogP contribution in [0.1, 0.15) is 0 Å². The molecule has 3 aromatic heterocycles. The van der Waals surface area contributed by atoms with Gasteiger partial charge in [-0.15, -0.1) is 22.7 Å². The van der Waals surface area contributed by atoms with Gasteiger partial charge in [0.25, 0.3) is 0 Å². The molecular formula is C23H22N6OS2. The third kappa shape index (κ3) is 4.85. The first-order chi connectivity index (χ1) is 15.7. The Morgan fingerprint density at radius 1 is 0.969 bits per heavy atom. The molecule has 0 radical (unpaired) electrons. The number of thiophene rings is 1. The second-order valence-electron chi connectivity index (χ2n) is 7.42. The number of amides is 1. The third-order valence-corrected chi connectivity index (χ3v) is 6.91. The van der Waals surface area contributed by atoms with Crippen molar-refractivity contribution in [2.45, 2.75) is 0 Å². The molecule has 32 heavy (non-hydrogen) atoms. The van der Waals surface area contributed by atoms with Crippen LogP contribution in [0.25, 0.3) is 21.4 Å². The van der Waals surface area contributed by atoms with E-state index in [4.69, 9.17) is 0 Å². The molecule has 0 bridgehead atoms. The normalized spacial score (nSPS) is 14.4. The Hall–Kier alpha value is -3.14. The van der Waals surface area contributed by atoms with Crippen molar-refractivity contribution in [1.29, 1.82) is 0 Å². The molecule has 1 N–H and O–H groups in total. The van der Waals surface area contributed by atoms with Gasteiger partial charge in [0.2, 0.25) is 5.91 Å². The number of carbonyl (C=O) groups is 1. The van der Waals surface area contributed by atoms with Crippen molar-refractivity contribution in [3.8, 4) is 21.4 Å². The van der Waals surface area contributed by atoms with Gasteiger partial charge in [-0.1, -0.05) is 24.3 Å². The van der Waals surface area contributed by atoms with Gasteiger partial charge in [-0.25, -0.2) is 15.0 Å². The highest BCUT2D eigenvalue weighted by Crippen LogP contribution is 2.28. The van der Waals surface area contributed by atoms with Crippen molar-refractivity contribution in [1.82, 2.24) is 19.9 Å². The molecule has 0 saturated carbocycles. The molecule has 0 aliphatic carbocycles. The van der Waals surface area contributed by atoms with E-state index in [1.807, 2.05) is 29.0 Å². The van der Waals surface area contributed by atoms with Crippen LogP contribution in [0.2, 0.25) is 0 Å². The number of thiazole rings is 1. The predicted octanol–water partition coefficient (Wildman–Crippen LogP) is 4.09. The molecule has 4 heterocycles. The Morgan fingerprint density at radius 3 is 2.53 bits per heavy atom. The van der Waals surface area contributed by atoms with Gasteiger partial charge in [0.1, 0.15) is 16.5 Å². The van der Waals surface area contributed by atoms with Crippen molar-refractivity contribution in [2.75, 3.05) is 42.9 Å². The molecule has 1 aliphatic heterocycles. The topological polar surface area (TPSA) is 74.2 Å². The average Bonchev–Trinajstić information content (AvgIpc) is 3.55. The predicted molar refractivity (Wildman–Crippen MR) is 130 cm³/mol. The molecule has 9 heteroatoms. The molecular weight excluding hydrogens is 440 g/mol. The molecule has 1 amide bonds. The molecule has 4 aromatic rings. The van der Waals surface area contributed by atoms with E-state index in [2.05, 4.69) is 54.3 Å². The van der Waals surface area contributed by atoms with E-state index < -0.39 is 0 Å². The monoisotopic (exact) mass is 462 g/mol. The van der Waals surface area contributed by atoms with Crippen LogP contribution in [0.4, 0.5) is 11.5 Å². The Bertz CT molecular complexity index is 1100. The number of para-hydroxylation sites is 1. The molecule has 1 aliphatic rings. The number of aromatic nitrogens is 3. The highest BCUT2D eigenvalue weighted by Gasteiger charge is 2.20. The van der Waals surface area contributed by atoms with E-state index in [0.29, 0.717) is 23.9 Å². The number of nitrogens with one attached hydrogen (secondary N) is 1. The fraction of sp³-hybridized carbons (Fsp3) is 0.217. The largest absolute Gasteiger partial charge is 0.369 e. The quantitative estimate of drug-likeness (QED) is 0.465. The summed E-state index contributed by atoms with van der Waals surface area (Å²) < 4.78 is 0. The summed E-state index contributed by atoms with van der Waals surface area (Å²) in [6, 6.07) is 16.1. The third-order valence-electron chi connectivity index (χ3n) is 5.25. The number of hydrogen-bond donors (Lipinski definition) is 1. The van der Waals surface area contributed by atoms with Crippen LogP contribution in [0.5, 0.6) is 0 Å². The summed E-state index contributed by atoms with van der Waals surface area (Å²) in [4.78, 5) is 31.9. The molecule has 7 nitrogen and oxygen atoms in total. The Kier molecular flexibility index (Phi) is 6.20. The zero-order valence-electron chi connectivity index (χ0n) is 17.3. The van der Waals surface area contributed by atoms with Crippen molar-refractivity contribution in [3.05, 3.63) is 65.5 Å². The summed E-state index contributed by atoms with van der Waals surface area (Å²) in [6.07, 6.45) is 1.75. The molecule has 162 valence electrons. The van der Waals surface area contributed by atoms with Crippen LogP contribution in [0.15, 0.2) is 65.5 Å². The van der Waals surface area contributed by atoms with Crippen molar-refractivity contribution >= 4 is 40.1 Å². The van der Waals surface area contributed by atoms with Crippen LogP contribution in [0, 0.1) is 0 Å². The molecule has 1 fully saturated rings. The van der Waals surface area contributed by atoms with Crippen LogP contribution >= 0.6 is 22.7 Å². The fourth-order valence-electron chi connectivity index (χ4n) is 3.68. The zero-order chi connectivity index (χ0) is 21.8. The summed E-state index contributed by atoms with van der Waals surface area (Å²) in [7, 11) is 0. The highest BCUT2D eigenvalue weighted by molar-refractivity contribution is 7.13. The zero-order valence-corrected chi connectivity index (χ0v) is 19.0. The van der Waals surface area contributed by atoms with Gasteiger partial charge in [0, 0.05) is 49.5 Å². The SMILES string of the molecule is O=C(CN1CCN(c2ccccc2)CC1)Nc1cc(-c2nccs2)nc(-c2cccs2)n1. The van der Waals surface area contributed by atoms with Crippen LogP contribution < -0.4 is 10.2 Å². The highest BCUT2D eigenvalue weighted by atomic mass is 32.1. The van der Waals surface area contributed by atoms with Gasteiger partial charge in [-0.2, -0.15) is 0 Å². The summed E-state index contributed by atoms with van der Waals surface area (Å²) in [5, 5.41) is 7.68. The standard InChI is InChI=1S/C23H22N6OS2/c30-21(16-28-9-11-29(12-10-28)17-5-2-1-3-6-17)26-20-15-18(23-24-8-14-32-23)25-22(27-20)19-7-4-13-31-19/h1-8,13-15H,9-12,16H2,(H,25,26,27,30). The Balaban J connectivity index is 1.25. The maximum absolute atomic E-state index is 12.8. The minimum atomic E-state index is -0.0703. The number of nitrogens with zero attached hydrogens (tertiary/aromatic N) is 5. The van der Waals surface area contributed by atoms with E-state index in [-0.39, 0.29) is 5.91 Å². The Morgan fingerprint density at radius 2 is 1.81 bits per heavy atom. The van der Waals surface area contributed by atoms with Gasteiger partial charge >= 0.3 is 0 Å². The lowest BCUT2D eigenvalue weighted by Gasteiger charge is -2.35. The van der Waals surface area contributed by atoms with Gasteiger partial charge in [0.05, 0.1) is 11.4 Å². The average molecular weight is 463 g/mol. The second kappa shape index (κ2) is 9.56. The van der Waals surface area contributed by atoms with E-state index in [9.17, 15) is 4.79 Å². The van der Waals surface area contributed by atoms with E-state index in [0.717, 1.165) is 36.1 Å². The van der Waals surface area contributed by atoms with Gasteiger partial charge in [-0.05, 0) is 23.6 Å². The lowest BCUT2D eigenvalue weighted by molar-refractivity contribution is -0.117. The minimum absolute atomic E-state index is 0.0703. The van der Waals surface area contributed by atoms with Gasteiger partial charge in [0.15, 0.2) is 5.82 Å². The number of anilines is 2. The number of benzene rings is 1. The van der Waals surface area contributed by atoms with Crippen LogP contribution in [-0.2, 0) is 4.79 Å². The molecule has 0 unspecified atom stereocenters. The number of piperazine rings is 1. The summed E-state index contributed by atoms with van der Waals surface area (Å²) in [6.45, 7) is 3.84.